The Labute approximate surface area is 194 Å². The van der Waals surface area contributed by atoms with Crippen molar-refractivity contribution in [1.82, 2.24) is 4.90 Å². The maximum absolute atomic E-state index is 12.7. The molecule has 154 valence electrons. The Balaban J connectivity index is 1.93. The zero-order valence-corrected chi connectivity index (χ0v) is 19.8. The summed E-state index contributed by atoms with van der Waals surface area (Å²) in [5.74, 6) is 0. The minimum absolute atomic E-state index is 0.326. The van der Waals surface area contributed by atoms with Crippen LogP contribution in [0.3, 0.4) is 0 Å². The summed E-state index contributed by atoms with van der Waals surface area (Å²) in [5.41, 5.74) is 1.01. The Hall–Kier alpha value is -2.15. The maximum atomic E-state index is 12.7. The summed E-state index contributed by atoms with van der Waals surface area (Å²) in [6.45, 7) is 2.55. The van der Waals surface area contributed by atoms with Gasteiger partial charge in [0, 0.05) is 20.5 Å². The maximum Gasteiger partial charge on any atom is 0.414 e. The van der Waals surface area contributed by atoms with Gasteiger partial charge in [0.1, 0.15) is 0 Å². The highest BCUT2D eigenvalue weighted by molar-refractivity contribution is 9.10. The average molecular weight is 500 g/mol. The van der Waals surface area contributed by atoms with Crippen LogP contribution >= 0.6 is 39.5 Å². The second-order valence-electron chi connectivity index (χ2n) is 6.20. The Morgan fingerprint density at radius 3 is 1.97 bits per heavy atom. The number of hydrogen-bond donors (Lipinski definition) is 0. The first-order valence-corrected chi connectivity index (χ1v) is 11.9. The molecule has 0 aromatic heterocycles. The van der Waals surface area contributed by atoms with Crippen molar-refractivity contribution in [2.24, 2.45) is 0 Å². The molecule has 3 rings (SSSR count). The lowest BCUT2D eigenvalue weighted by Crippen LogP contribution is -2.26. The highest BCUT2D eigenvalue weighted by atomic mass is 79.9. The smallest absolute Gasteiger partial charge is 0.414 e. The molecule has 0 aliphatic rings. The third-order valence-corrected chi connectivity index (χ3v) is 6.89. The van der Waals surface area contributed by atoms with E-state index in [4.69, 9.17) is 4.74 Å². The third-order valence-electron chi connectivity index (χ3n) is 3.99. The minimum atomic E-state index is -0.368. The fourth-order valence-electron chi connectivity index (χ4n) is 2.59. The predicted octanol–water partition coefficient (Wildman–Crippen LogP) is 7.79. The molecule has 3 aromatic carbocycles. The van der Waals surface area contributed by atoms with Crippen LogP contribution in [0.5, 0.6) is 0 Å². The standard InChI is InChI=1S/C24H22BrNO2S2/c1-2-28-24(27)26(17-19-11-9-10-16-22(19)25)18-23(29-20-12-5-3-6-13-20)30-21-14-7-4-8-15-21/h3-16,18H,2,17H2,1H3. The van der Waals surface area contributed by atoms with Gasteiger partial charge in [-0.3, -0.25) is 4.90 Å². The number of ether oxygens (including phenoxy) is 1. The second-order valence-corrected chi connectivity index (χ2v) is 9.54. The molecular formula is C24H22BrNO2S2. The molecule has 0 fully saturated rings. The lowest BCUT2D eigenvalue weighted by molar-refractivity contribution is 0.120. The van der Waals surface area contributed by atoms with E-state index in [1.807, 2.05) is 73.8 Å². The number of amides is 1. The van der Waals surface area contributed by atoms with Gasteiger partial charge in [0.2, 0.25) is 0 Å². The summed E-state index contributed by atoms with van der Waals surface area (Å²) in [7, 11) is 0. The van der Waals surface area contributed by atoms with Gasteiger partial charge in [-0.2, -0.15) is 0 Å². The normalized spacial score (nSPS) is 10.3. The zero-order valence-electron chi connectivity index (χ0n) is 16.5. The Bertz CT molecular complexity index is 937. The number of rotatable bonds is 8. The van der Waals surface area contributed by atoms with Crippen LogP contribution in [0.1, 0.15) is 12.5 Å². The lowest BCUT2D eigenvalue weighted by Gasteiger charge is -2.20. The zero-order chi connectivity index (χ0) is 21.2. The average Bonchev–Trinajstić information content (AvgIpc) is 2.76. The number of carbonyl (C=O) groups excluding carboxylic acids is 1. The van der Waals surface area contributed by atoms with Crippen LogP contribution in [-0.2, 0) is 11.3 Å². The van der Waals surface area contributed by atoms with E-state index in [1.54, 1.807) is 28.4 Å². The molecule has 30 heavy (non-hydrogen) atoms. The number of carbonyl (C=O) groups is 1. The van der Waals surface area contributed by atoms with E-state index in [1.165, 1.54) is 0 Å². The van der Waals surface area contributed by atoms with Crippen LogP contribution < -0.4 is 0 Å². The van der Waals surface area contributed by atoms with E-state index in [9.17, 15) is 4.79 Å². The quantitative estimate of drug-likeness (QED) is 0.295. The first-order chi connectivity index (χ1) is 14.7. The number of halogens is 1. The molecule has 0 aliphatic heterocycles. The van der Waals surface area contributed by atoms with E-state index in [-0.39, 0.29) is 6.09 Å². The molecule has 0 saturated heterocycles. The van der Waals surface area contributed by atoms with Crippen LogP contribution in [0.25, 0.3) is 0 Å². The van der Waals surface area contributed by atoms with Gasteiger partial charge in [-0.15, -0.1) is 0 Å². The minimum Gasteiger partial charge on any atom is -0.449 e. The highest BCUT2D eigenvalue weighted by Crippen LogP contribution is 2.39. The van der Waals surface area contributed by atoms with E-state index in [2.05, 4.69) is 40.2 Å². The highest BCUT2D eigenvalue weighted by Gasteiger charge is 2.17. The largest absolute Gasteiger partial charge is 0.449 e. The fraction of sp³-hybridized carbons (Fsp3) is 0.125. The van der Waals surface area contributed by atoms with Crippen molar-refractivity contribution < 1.29 is 9.53 Å². The van der Waals surface area contributed by atoms with E-state index < -0.39 is 0 Å². The lowest BCUT2D eigenvalue weighted by atomic mass is 10.2. The van der Waals surface area contributed by atoms with E-state index in [0.717, 1.165) is 24.1 Å². The molecule has 0 aliphatic carbocycles. The van der Waals surface area contributed by atoms with Crippen LogP contribution in [0, 0.1) is 0 Å². The monoisotopic (exact) mass is 499 g/mol. The van der Waals surface area contributed by atoms with Crippen molar-refractivity contribution in [2.75, 3.05) is 6.61 Å². The molecule has 0 heterocycles. The summed E-state index contributed by atoms with van der Waals surface area (Å²) in [5, 5.41) is 0. The number of benzene rings is 3. The molecule has 0 bridgehead atoms. The molecule has 1 amide bonds. The van der Waals surface area contributed by atoms with Gasteiger partial charge in [-0.05, 0) is 42.8 Å². The van der Waals surface area contributed by atoms with Crippen molar-refractivity contribution in [2.45, 2.75) is 23.3 Å². The summed E-state index contributed by atoms with van der Waals surface area (Å²) in [6.07, 6.45) is 1.51. The van der Waals surface area contributed by atoms with Crippen molar-refractivity contribution >= 4 is 45.5 Å². The van der Waals surface area contributed by atoms with Gasteiger partial charge in [-0.25, -0.2) is 4.79 Å². The topological polar surface area (TPSA) is 29.5 Å². The van der Waals surface area contributed by atoms with Gasteiger partial charge in [0.25, 0.3) is 0 Å². The van der Waals surface area contributed by atoms with Gasteiger partial charge in [0.05, 0.1) is 17.4 Å². The first kappa shape index (κ1) is 22.5. The molecule has 0 atom stereocenters. The third kappa shape index (κ3) is 6.97. The van der Waals surface area contributed by atoms with Gasteiger partial charge >= 0.3 is 6.09 Å². The van der Waals surface area contributed by atoms with Crippen LogP contribution in [0.2, 0.25) is 0 Å². The molecule has 3 aromatic rings. The van der Waals surface area contributed by atoms with Crippen LogP contribution in [-0.4, -0.2) is 17.6 Å². The Kier molecular flexibility index (Phi) is 8.93. The van der Waals surface area contributed by atoms with Crippen LogP contribution in [0.4, 0.5) is 4.79 Å². The van der Waals surface area contributed by atoms with Gasteiger partial charge in [-0.1, -0.05) is 94.1 Å². The summed E-state index contributed by atoms with van der Waals surface area (Å²) in [6, 6.07) is 28.2. The predicted molar refractivity (Wildman–Crippen MR) is 129 cm³/mol. The number of thioether (sulfide) groups is 2. The second kappa shape index (κ2) is 11.9. The molecule has 0 spiro atoms. The number of hydrogen-bond acceptors (Lipinski definition) is 4. The Morgan fingerprint density at radius 2 is 1.43 bits per heavy atom. The molecule has 0 unspecified atom stereocenters. The Morgan fingerprint density at radius 1 is 0.900 bits per heavy atom. The van der Waals surface area contributed by atoms with Crippen LogP contribution in [0.15, 0.2) is 110 Å². The molecule has 6 heteroatoms. The van der Waals surface area contributed by atoms with Gasteiger partial charge < -0.3 is 4.74 Å². The van der Waals surface area contributed by atoms with Gasteiger partial charge in [0.15, 0.2) is 0 Å². The molecular weight excluding hydrogens is 478 g/mol. The molecule has 0 N–H and O–H groups in total. The van der Waals surface area contributed by atoms with E-state index >= 15 is 0 Å². The number of nitrogens with zero attached hydrogens (tertiary/aromatic N) is 1. The summed E-state index contributed by atoms with van der Waals surface area (Å²) in [4.78, 5) is 16.6. The van der Waals surface area contributed by atoms with Crippen molar-refractivity contribution in [3.8, 4) is 0 Å². The molecule has 3 nitrogen and oxygen atoms in total. The van der Waals surface area contributed by atoms with Crippen molar-refractivity contribution in [3.05, 3.63) is 105 Å². The summed E-state index contributed by atoms with van der Waals surface area (Å²) >= 11 is 6.83. The summed E-state index contributed by atoms with van der Waals surface area (Å²) < 4.78 is 7.26. The van der Waals surface area contributed by atoms with Crippen molar-refractivity contribution in [3.63, 3.8) is 0 Å². The first-order valence-electron chi connectivity index (χ1n) is 9.50. The SMILES string of the molecule is CCOC(=O)N(C=C(Sc1ccccc1)Sc1ccccc1)Cc1ccccc1Br. The molecule has 0 radical (unpaired) electrons. The van der Waals surface area contributed by atoms with E-state index in [0.29, 0.717) is 13.2 Å². The van der Waals surface area contributed by atoms with Crippen molar-refractivity contribution in [1.29, 1.82) is 0 Å². The fourth-order valence-corrected chi connectivity index (χ4v) is 5.15. The molecule has 0 saturated carbocycles.